The molecule has 1 nitrogen and oxygen atoms in total. The molecular weight excluding hydrogens is 353 g/mol. The first-order chi connectivity index (χ1) is 7.59. The van der Waals surface area contributed by atoms with Crippen molar-refractivity contribution in [1.82, 2.24) is 0 Å². The Labute approximate surface area is 120 Å². The maximum Gasteiger partial charge on any atom is 0.0645 e. The Morgan fingerprint density at radius 1 is 1.06 bits per heavy atom. The van der Waals surface area contributed by atoms with Gasteiger partial charge in [0.1, 0.15) is 0 Å². The highest BCUT2D eigenvalue weighted by Crippen LogP contribution is 2.20. The first-order valence-corrected chi connectivity index (χ1v) is 6.44. The maximum absolute atomic E-state index is 5.68. The van der Waals surface area contributed by atoms with Gasteiger partial charge in [-0.25, -0.2) is 0 Å². The van der Waals surface area contributed by atoms with Gasteiger partial charge in [0.25, 0.3) is 0 Å². The van der Waals surface area contributed by atoms with Gasteiger partial charge in [-0.15, -0.1) is 12.6 Å². The number of thiol groups is 1. The zero-order chi connectivity index (χ0) is 12.0. The summed E-state index contributed by atoms with van der Waals surface area (Å²) < 4.78 is 1.10. The van der Waals surface area contributed by atoms with Gasteiger partial charge in [0.05, 0.1) is 10.7 Å². The SMILES string of the molecule is Nc1ccc(I)cc1Cl.Sc1ccccc1. The summed E-state index contributed by atoms with van der Waals surface area (Å²) in [5.41, 5.74) is 6.09. The standard InChI is InChI=1S/C6H5ClIN.C6H6S/c7-5-3-4(8)1-2-6(5)9;7-6-4-2-1-3-5-6/h1-3H,9H2;1-5,7H. The summed E-state index contributed by atoms with van der Waals surface area (Å²) in [5.74, 6) is 0. The van der Waals surface area contributed by atoms with Crippen molar-refractivity contribution < 1.29 is 0 Å². The molecule has 0 aromatic heterocycles. The molecule has 0 saturated heterocycles. The minimum atomic E-state index is 0.627. The van der Waals surface area contributed by atoms with Crippen LogP contribution in [0.25, 0.3) is 0 Å². The minimum absolute atomic E-state index is 0.627. The first kappa shape index (κ1) is 13.7. The van der Waals surface area contributed by atoms with Gasteiger partial charge in [-0.05, 0) is 52.9 Å². The lowest BCUT2D eigenvalue weighted by Crippen LogP contribution is -1.84. The average molecular weight is 364 g/mol. The molecule has 0 unspecified atom stereocenters. The average Bonchev–Trinajstić information content (AvgIpc) is 2.26. The Hall–Kier alpha value is -0.390. The predicted octanol–water partition coefficient (Wildman–Crippen LogP) is 4.50. The molecule has 0 radical (unpaired) electrons. The van der Waals surface area contributed by atoms with Crippen LogP contribution in [0, 0.1) is 3.57 Å². The Balaban J connectivity index is 0.000000165. The Bertz CT molecular complexity index is 448. The van der Waals surface area contributed by atoms with E-state index in [0.717, 1.165) is 8.47 Å². The number of benzene rings is 2. The fraction of sp³-hybridized carbons (Fsp3) is 0. The largest absolute Gasteiger partial charge is 0.398 e. The zero-order valence-electron chi connectivity index (χ0n) is 8.40. The molecule has 0 atom stereocenters. The summed E-state index contributed by atoms with van der Waals surface area (Å²) in [6.07, 6.45) is 0. The lowest BCUT2D eigenvalue weighted by atomic mass is 10.3. The van der Waals surface area contributed by atoms with Crippen molar-refractivity contribution in [2.24, 2.45) is 0 Å². The van der Waals surface area contributed by atoms with E-state index in [1.165, 1.54) is 0 Å². The molecular formula is C12H11ClINS. The van der Waals surface area contributed by atoms with Crippen molar-refractivity contribution in [3.05, 3.63) is 57.1 Å². The summed E-state index contributed by atoms with van der Waals surface area (Å²) >= 11 is 12.0. The van der Waals surface area contributed by atoms with Gasteiger partial charge in [0.15, 0.2) is 0 Å². The van der Waals surface area contributed by atoms with E-state index < -0.39 is 0 Å². The third kappa shape index (κ3) is 5.09. The number of nitrogens with two attached hydrogens (primary N) is 1. The molecule has 0 aliphatic carbocycles. The van der Waals surface area contributed by atoms with Crippen LogP contribution in [0.2, 0.25) is 5.02 Å². The van der Waals surface area contributed by atoms with E-state index in [1.807, 2.05) is 42.5 Å². The number of nitrogen functional groups attached to an aromatic ring is 1. The first-order valence-electron chi connectivity index (χ1n) is 4.54. The molecule has 2 N–H and O–H groups in total. The van der Waals surface area contributed by atoms with E-state index in [2.05, 4.69) is 35.2 Å². The monoisotopic (exact) mass is 363 g/mol. The molecule has 2 rings (SSSR count). The smallest absolute Gasteiger partial charge is 0.0645 e. The lowest BCUT2D eigenvalue weighted by molar-refractivity contribution is 1.48. The highest BCUT2D eigenvalue weighted by molar-refractivity contribution is 14.1. The second-order valence-electron chi connectivity index (χ2n) is 3.00. The third-order valence-electron chi connectivity index (χ3n) is 1.72. The van der Waals surface area contributed by atoms with Gasteiger partial charge in [0, 0.05) is 8.47 Å². The van der Waals surface area contributed by atoms with Crippen LogP contribution in [0.4, 0.5) is 5.69 Å². The van der Waals surface area contributed by atoms with Gasteiger partial charge < -0.3 is 5.73 Å². The molecule has 0 saturated carbocycles. The van der Waals surface area contributed by atoms with Crippen LogP contribution in [0.15, 0.2) is 53.4 Å². The molecule has 0 amide bonds. The van der Waals surface area contributed by atoms with Crippen LogP contribution < -0.4 is 5.73 Å². The van der Waals surface area contributed by atoms with Crippen molar-refractivity contribution >= 4 is 52.5 Å². The lowest BCUT2D eigenvalue weighted by Gasteiger charge is -1.95. The number of halogens is 2. The second-order valence-corrected chi connectivity index (χ2v) is 5.17. The maximum atomic E-state index is 5.68. The van der Waals surface area contributed by atoms with Crippen molar-refractivity contribution in [2.75, 3.05) is 5.73 Å². The van der Waals surface area contributed by atoms with E-state index in [0.29, 0.717) is 10.7 Å². The highest BCUT2D eigenvalue weighted by Gasteiger charge is 1.93. The van der Waals surface area contributed by atoms with Gasteiger partial charge in [-0.1, -0.05) is 29.8 Å². The Kier molecular flexibility index (Phi) is 6.01. The number of hydrogen-bond donors (Lipinski definition) is 2. The molecule has 0 aliphatic rings. The van der Waals surface area contributed by atoms with E-state index in [-0.39, 0.29) is 0 Å². The molecule has 84 valence electrons. The molecule has 0 heterocycles. The normalized spacial score (nSPS) is 9.19. The van der Waals surface area contributed by atoms with Crippen molar-refractivity contribution in [3.8, 4) is 0 Å². The number of hydrogen-bond acceptors (Lipinski definition) is 2. The van der Waals surface area contributed by atoms with Crippen LogP contribution in [0.1, 0.15) is 0 Å². The molecule has 16 heavy (non-hydrogen) atoms. The zero-order valence-corrected chi connectivity index (χ0v) is 12.2. The van der Waals surface area contributed by atoms with Crippen LogP contribution in [-0.4, -0.2) is 0 Å². The molecule has 2 aromatic carbocycles. The summed E-state index contributed by atoms with van der Waals surface area (Å²) in [6, 6.07) is 15.3. The van der Waals surface area contributed by atoms with E-state index >= 15 is 0 Å². The predicted molar refractivity (Wildman–Crippen MR) is 82.3 cm³/mol. The summed E-state index contributed by atoms with van der Waals surface area (Å²) in [5, 5.41) is 0.627. The van der Waals surface area contributed by atoms with E-state index in [4.69, 9.17) is 17.3 Å². The number of rotatable bonds is 0. The van der Waals surface area contributed by atoms with Crippen LogP contribution in [0.3, 0.4) is 0 Å². The summed E-state index contributed by atoms with van der Waals surface area (Å²) in [7, 11) is 0. The second kappa shape index (κ2) is 7.04. The van der Waals surface area contributed by atoms with Gasteiger partial charge in [0.2, 0.25) is 0 Å². The molecule has 0 aliphatic heterocycles. The van der Waals surface area contributed by atoms with Gasteiger partial charge >= 0.3 is 0 Å². The van der Waals surface area contributed by atoms with E-state index in [1.54, 1.807) is 6.07 Å². The van der Waals surface area contributed by atoms with E-state index in [9.17, 15) is 0 Å². The minimum Gasteiger partial charge on any atom is -0.398 e. The fourth-order valence-electron chi connectivity index (χ4n) is 0.929. The summed E-state index contributed by atoms with van der Waals surface area (Å²) in [6.45, 7) is 0. The van der Waals surface area contributed by atoms with Crippen LogP contribution >= 0.6 is 46.8 Å². The van der Waals surface area contributed by atoms with Gasteiger partial charge in [-0.2, -0.15) is 0 Å². The summed E-state index contributed by atoms with van der Waals surface area (Å²) in [4.78, 5) is 1.02. The topological polar surface area (TPSA) is 26.0 Å². The molecule has 0 bridgehead atoms. The molecule has 0 spiro atoms. The third-order valence-corrected chi connectivity index (χ3v) is 3.02. The molecule has 2 aromatic rings. The van der Waals surface area contributed by atoms with Crippen molar-refractivity contribution in [3.63, 3.8) is 0 Å². The highest BCUT2D eigenvalue weighted by atomic mass is 127. The van der Waals surface area contributed by atoms with Crippen molar-refractivity contribution in [1.29, 1.82) is 0 Å². The molecule has 0 fully saturated rings. The van der Waals surface area contributed by atoms with Crippen LogP contribution in [-0.2, 0) is 0 Å². The molecule has 4 heteroatoms. The quantitative estimate of drug-likeness (QED) is 0.402. The number of anilines is 1. The van der Waals surface area contributed by atoms with Crippen molar-refractivity contribution in [2.45, 2.75) is 4.90 Å². The Morgan fingerprint density at radius 2 is 1.69 bits per heavy atom. The van der Waals surface area contributed by atoms with Gasteiger partial charge in [-0.3, -0.25) is 0 Å². The fourth-order valence-corrected chi connectivity index (χ4v) is 1.96. The Morgan fingerprint density at radius 3 is 2.06 bits per heavy atom. The van der Waals surface area contributed by atoms with Crippen LogP contribution in [0.5, 0.6) is 0 Å².